The lowest BCUT2D eigenvalue weighted by Crippen LogP contribution is -2.47. The van der Waals surface area contributed by atoms with E-state index in [4.69, 9.17) is 4.74 Å². The summed E-state index contributed by atoms with van der Waals surface area (Å²) in [7, 11) is -2.50. The number of carboxylic acids is 1. The van der Waals surface area contributed by atoms with Crippen LogP contribution in [-0.4, -0.2) is 43.5 Å². The molecular formula is C14H19NO5S. The number of nitrogens with zero attached hydrogens (tertiary/aromatic N) is 1. The number of piperidine rings is 1. The molecule has 0 aromatic heterocycles. The van der Waals surface area contributed by atoms with Crippen LogP contribution in [0.25, 0.3) is 0 Å². The van der Waals surface area contributed by atoms with E-state index in [0.29, 0.717) is 19.3 Å². The van der Waals surface area contributed by atoms with Gasteiger partial charge in [-0.3, -0.25) is 4.79 Å². The minimum absolute atomic E-state index is 0.0261. The Morgan fingerprint density at radius 1 is 1.38 bits per heavy atom. The van der Waals surface area contributed by atoms with Crippen LogP contribution in [0.15, 0.2) is 23.1 Å². The molecule has 1 N–H and O–H groups in total. The second-order valence-corrected chi connectivity index (χ2v) is 6.98. The smallest absolute Gasteiger partial charge is 0.322 e. The molecule has 0 spiro atoms. The first kappa shape index (κ1) is 15.8. The largest absolute Gasteiger partial charge is 0.495 e. The highest BCUT2D eigenvalue weighted by Gasteiger charge is 2.38. The summed E-state index contributed by atoms with van der Waals surface area (Å²) in [6, 6.07) is 3.85. The highest BCUT2D eigenvalue weighted by molar-refractivity contribution is 7.89. The van der Waals surface area contributed by atoms with Gasteiger partial charge < -0.3 is 9.84 Å². The zero-order chi connectivity index (χ0) is 15.6. The Morgan fingerprint density at radius 2 is 2.10 bits per heavy atom. The first-order chi connectivity index (χ1) is 9.87. The second kappa shape index (κ2) is 6.03. The molecule has 21 heavy (non-hydrogen) atoms. The number of ether oxygens (including phenoxy) is 1. The monoisotopic (exact) mass is 313 g/mol. The van der Waals surface area contributed by atoms with Crippen LogP contribution in [-0.2, 0) is 14.8 Å². The highest BCUT2D eigenvalue weighted by atomic mass is 32.2. The fraction of sp³-hybridized carbons (Fsp3) is 0.500. The van der Waals surface area contributed by atoms with Gasteiger partial charge in [-0.1, -0.05) is 6.07 Å². The SMILES string of the molecule is COc1ccc(C)cc1S(=O)(=O)N1CCCC[C@@H]1C(=O)O. The Hall–Kier alpha value is -1.60. The Labute approximate surface area is 124 Å². The van der Waals surface area contributed by atoms with E-state index in [9.17, 15) is 18.3 Å². The summed E-state index contributed by atoms with van der Waals surface area (Å²) in [5.41, 5.74) is 0.776. The van der Waals surface area contributed by atoms with Gasteiger partial charge in [-0.2, -0.15) is 4.31 Å². The van der Waals surface area contributed by atoms with Crippen molar-refractivity contribution >= 4 is 16.0 Å². The number of hydrogen-bond acceptors (Lipinski definition) is 4. The van der Waals surface area contributed by atoms with Gasteiger partial charge in [0.1, 0.15) is 16.7 Å². The molecule has 116 valence electrons. The summed E-state index contributed by atoms with van der Waals surface area (Å²) in [6.45, 7) is 2.00. The van der Waals surface area contributed by atoms with Crippen LogP contribution in [0, 0.1) is 6.92 Å². The van der Waals surface area contributed by atoms with Gasteiger partial charge >= 0.3 is 5.97 Å². The van der Waals surface area contributed by atoms with Gasteiger partial charge in [0, 0.05) is 6.54 Å². The maximum Gasteiger partial charge on any atom is 0.322 e. The van der Waals surface area contributed by atoms with E-state index in [0.717, 1.165) is 9.87 Å². The number of hydrogen-bond donors (Lipinski definition) is 1. The molecule has 0 radical (unpaired) electrons. The lowest BCUT2D eigenvalue weighted by Gasteiger charge is -2.32. The predicted octanol–water partition coefficient (Wildman–Crippen LogP) is 1.63. The summed E-state index contributed by atoms with van der Waals surface area (Å²) in [4.78, 5) is 11.4. The normalized spacial score (nSPS) is 20.2. The van der Waals surface area contributed by atoms with E-state index in [-0.39, 0.29) is 17.2 Å². The van der Waals surface area contributed by atoms with Crippen molar-refractivity contribution in [2.45, 2.75) is 37.1 Å². The van der Waals surface area contributed by atoms with Crippen LogP contribution in [0.5, 0.6) is 5.75 Å². The van der Waals surface area contributed by atoms with Gasteiger partial charge in [-0.05, 0) is 43.9 Å². The molecule has 1 saturated heterocycles. The number of carboxylic acid groups (broad SMARTS) is 1. The average Bonchev–Trinajstić information content (AvgIpc) is 2.47. The third kappa shape index (κ3) is 3.03. The van der Waals surface area contributed by atoms with E-state index in [1.165, 1.54) is 13.2 Å². The molecule has 2 rings (SSSR count). The van der Waals surface area contributed by atoms with E-state index in [2.05, 4.69) is 0 Å². The van der Waals surface area contributed by atoms with Gasteiger partial charge in [-0.15, -0.1) is 0 Å². The van der Waals surface area contributed by atoms with Gasteiger partial charge in [-0.25, -0.2) is 8.42 Å². The van der Waals surface area contributed by atoms with Crippen molar-refractivity contribution in [2.24, 2.45) is 0 Å². The zero-order valence-corrected chi connectivity index (χ0v) is 12.9. The Bertz CT molecular complexity index is 641. The molecular weight excluding hydrogens is 294 g/mol. The quantitative estimate of drug-likeness (QED) is 0.913. The third-order valence-electron chi connectivity index (χ3n) is 3.64. The highest BCUT2D eigenvalue weighted by Crippen LogP contribution is 2.31. The number of aliphatic carboxylic acids is 1. The molecule has 1 atom stereocenters. The molecule has 0 unspecified atom stereocenters. The summed E-state index contributed by atoms with van der Waals surface area (Å²) in [5.74, 6) is -0.875. The van der Waals surface area contributed by atoms with Gasteiger partial charge in [0.25, 0.3) is 0 Å². The molecule has 1 heterocycles. The number of rotatable bonds is 4. The molecule has 0 aliphatic carbocycles. The number of benzene rings is 1. The summed E-state index contributed by atoms with van der Waals surface area (Å²) in [5, 5.41) is 9.26. The topological polar surface area (TPSA) is 83.9 Å². The number of sulfonamides is 1. The molecule has 1 aliphatic rings. The molecule has 0 amide bonds. The number of methoxy groups -OCH3 is 1. The molecule has 0 saturated carbocycles. The fourth-order valence-corrected chi connectivity index (χ4v) is 4.44. The lowest BCUT2D eigenvalue weighted by atomic mass is 10.1. The second-order valence-electron chi connectivity index (χ2n) is 5.12. The average molecular weight is 313 g/mol. The summed E-state index contributed by atoms with van der Waals surface area (Å²) < 4.78 is 31.8. The Morgan fingerprint density at radius 3 is 2.71 bits per heavy atom. The molecule has 6 nitrogen and oxygen atoms in total. The first-order valence-corrected chi connectivity index (χ1v) is 8.21. The van der Waals surface area contributed by atoms with Crippen molar-refractivity contribution in [3.63, 3.8) is 0 Å². The number of aryl methyl sites for hydroxylation is 1. The maximum absolute atomic E-state index is 12.8. The molecule has 1 fully saturated rings. The summed E-state index contributed by atoms with van der Waals surface area (Å²) >= 11 is 0. The third-order valence-corrected chi connectivity index (χ3v) is 5.57. The van der Waals surface area contributed by atoms with Crippen LogP contribution in [0.1, 0.15) is 24.8 Å². The van der Waals surface area contributed by atoms with Crippen LogP contribution >= 0.6 is 0 Å². The first-order valence-electron chi connectivity index (χ1n) is 6.77. The fourth-order valence-electron chi connectivity index (χ4n) is 2.55. The van der Waals surface area contributed by atoms with Crippen molar-refractivity contribution in [1.29, 1.82) is 0 Å². The summed E-state index contributed by atoms with van der Waals surface area (Å²) in [6.07, 6.45) is 1.72. The Kier molecular flexibility index (Phi) is 4.53. The van der Waals surface area contributed by atoms with Crippen LogP contribution < -0.4 is 4.74 Å². The van der Waals surface area contributed by atoms with Gasteiger partial charge in [0.2, 0.25) is 10.0 Å². The van der Waals surface area contributed by atoms with E-state index >= 15 is 0 Å². The minimum Gasteiger partial charge on any atom is -0.495 e. The van der Waals surface area contributed by atoms with Crippen molar-refractivity contribution in [2.75, 3.05) is 13.7 Å². The molecule has 1 aromatic rings. The van der Waals surface area contributed by atoms with Crippen molar-refractivity contribution in [1.82, 2.24) is 4.31 Å². The van der Waals surface area contributed by atoms with E-state index in [1.54, 1.807) is 19.1 Å². The van der Waals surface area contributed by atoms with Gasteiger partial charge in [0.15, 0.2) is 0 Å². The molecule has 1 aliphatic heterocycles. The standard InChI is InChI=1S/C14H19NO5S/c1-10-6-7-12(20-2)13(9-10)21(18,19)15-8-4-3-5-11(15)14(16)17/h6-7,9,11H,3-5,8H2,1-2H3,(H,16,17)/t11-/m1/s1. The Balaban J connectivity index is 2.50. The molecule has 0 bridgehead atoms. The van der Waals surface area contributed by atoms with Crippen molar-refractivity contribution < 1.29 is 23.1 Å². The van der Waals surface area contributed by atoms with Crippen molar-refractivity contribution in [3.05, 3.63) is 23.8 Å². The van der Waals surface area contributed by atoms with Crippen LogP contribution in [0.4, 0.5) is 0 Å². The maximum atomic E-state index is 12.8. The van der Waals surface area contributed by atoms with Crippen molar-refractivity contribution in [3.8, 4) is 5.75 Å². The predicted molar refractivity (Wildman–Crippen MR) is 76.9 cm³/mol. The zero-order valence-electron chi connectivity index (χ0n) is 12.1. The number of carbonyl (C=O) groups is 1. The van der Waals surface area contributed by atoms with Crippen LogP contribution in [0.2, 0.25) is 0 Å². The van der Waals surface area contributed by atoms with Crippen LogP contribution in [0.3, 0.4) is 0 Å². The van der Waals surface area contributed by atoms with Gasteiger partial charge in [0.05, 0.1) is 7.11 Å². The minimum atomic E-state index is -3.89. The lowest BCUT2D eigenvalue weighted by molar-refractivity contribution is -0.142. The molecule has 7 heteroatoms. The van der Waals surface area contributed by atoms with E-state index in [1.807, 2.05) is 0 Å². The van der Waals surface area contributed by atoms with E-state index < -0.39 is 22.0 Å². The molecule has 1 aromatic carbocycles.